The average Bonchev–Trinajstić information content (AvgIpc) is 2.93. The van der Waals surface area contributed by atoms with Crippen LogP contribution in [0.2, 0.25) is 0 Å². The highest BCUT2D eigenvalue weighted by Crippen LogP contribution is 2.33. The third-order valence-electron chi connectivity index (χ3n) is 4.63. The summed E-state index contributed by atoms with van der Waals surface area (Å²) >= 11 is 0. The molecule has 1 fully saturated rings. The van der Waals surface area contributed by atoms with Crippen molar-refractivity contribution in [2.75, 3.05) is 13.1 Å². The Morgan fingerprint density at radius 3 is 2.78 bits per heavy atom. The van der Waals surface area contributed by atoms with Crippen molar-refractivity contribution in [1.29, 1.82) is 0 Å². The zero-order chi connectivity index (χ0) is 17.0. The number of nitrogens with zero attached hydrogens (tertiary/aromatic N) is 1. The van der Waals surface area contributed by atoms with E-state index >= 15 is 0 Å². The number of urea groups is 1. The van der Waals surface area contributed by atoms with Gasteiger partial charge in [0.05, 0.1) is 12.1 Å². The zero-order valence-electron chi connectivity index (χ0n) is 14.8. The van der Waals surface area contributed by atoms with Gasteiger partial charge in [0, 0.05) is 13.1 Å². The second-order valence-electron chi connectivity index (χ2n) is 7.58. The number of aliphatic hydroxyl groups excluding tert-OH is 1. The molecule has 2 amide bonds. The monoisotopic (exact) mass is 318 g/mol. The van der Waals surface area contributed by atoms with Crippen molar-refractivity contribution in [1.82, 2.24) is 10.2 Å². The maximum absolute atomic E-state index is 12.6. The lowest BCUT2D eigenvalue weighted by Gasteiger charge is -2.30. The van der Waals surface area contributed by atoms with Crippen LogP contribution in [0, 0.1) is 12.3 Å². The largest absolute Gasteiger partial charge is 0.393 e. The van der Waals surface area contributed by atoms with Crippen LogP contribution in [-0.2, 0) is 0 Å². The summed E-state index contributed by atoms with van der Waals surface area (Å²) in [5.74, 6) is 0. The molecule has 1 aliphatic heterocycles. The van der Waals surface area contributed by atoms with Crippen LogP contribution in [0.25, 0.3) is 0 Å². The van der Waals surface area contributed by atoms with Gasteiger partial charge in [0.1, 0.15) is 0 Å². The van der Waals surface area contributed by atoms with Gasteiger partial charge in [-0.2, -0.15) is 0 Å². The number of hydrogen-bond donors (Lipinski definition) is 2. The number of carbonyl (C=O) groups excluding carboxylic acids is 1. The Balaban J connectivity index is 2.00. The number of benzene rings is 1. The van der Waals surface area contributed by atoms with E-state index in [0.717, 1.165) is 19.4 Å². The lowest BCUT2D eigenvalue weighted by molar-refractivity contribution is 0.126. The number of hydrogen-bond acceptors (Lipinski definition) is 2. The molecule has 2 rings (SSSR count). The van der Waals surface area contributed by atoms with E-state index in [1.54, 1.807) is 6.92 Å². The van der Waals surface area contributed by atoms with Crippen LogP contribution in [0.4, 0.5) is 4.79 Å². The van der Waals surface area contributed by atoms with Crippen molar-refractivity contribution in [3.8, 4) is 0 Å². The first kappa shape index (κ1) is 17.8. The molecular formula is C19H30N2O2. The number of rotatable bonds is 5. The van der Waals surface area contributed by atoms with Crippen molar-refractivity contribution in [3.63, 3.8) is 0 Å². The fourth-order valence-corrected chi connectivity index (χ4v) is 3.58. The van der Waals surface area contributed by atoms with Gasteiger partial charge in [-0.05, 0) is 49.7 Å². The SMILES string of the molecule is Cc1ccccc1C1CCCN1C(=O)NCC(C)(C)CC(C)O. The van der Waals surface area contributed by atoms with Crippen molar-refractivity contribution in [2.24, 2.45) is 5.41 Å². The lowest BCUT2D eigenvalue weighted by atomic mass is 9.87. The standard InChI is InChI=1S/C19H30N2O2/c1-14-8-5-6-9-16(14)17-10-7-11-21(17)18(23)20-13-19(3,4)12-15(2)22/h5-6,8-9,15,17,22H,7,10-13H2,1-4H3,(H,20,23). The summed E-state index contributed by atoms with van der Waals surface area (Å²) in [5.41, 5.74) is 2.39. The molecule has 1 heterocycles. The number of aliphatic hydroxyl groups is 1. The van der Waals surface area contributed by atoms with E-state index in [9.17, 15) is 9.90 Å². The van der Waals surface area contributed by atoms with Gasteiger partial charge < -0.3 is 15.3 Å². The molecule has 0 aliphatic carbocycles. The summed E-state index contributed by atoms with van der Waals surface area (Å²) in [6, 6.07) is 8.50. The van der Waals surface area contributed by atoms with E-state index in [2.05, 4.69) is 38.2 Å². The first-order chi connectivity index (χ1) is 10.8. The third-order valence-corrected chi connectivity index (χ3v) is 4.63. The predicted molar refractivity (Wildman–Crippen MR) is 93.3 cm³/mol. The van der Waals surface area contributed by atoms with Gasteiger partial charge in [0.2, 0.25) is 0 Å². The van der Waals surface area contributed by atoms with E-state index in [0.29, 0.717) is 13.0 Å². The summed E-state index contributed by atoms with van der Waals surface area (Å²) in [4.78, 5) is 14.6. The van der Waals surface area contributed by atoms with Crippen LogP contribution in [0.15, 0.2) is 24.3 Å². The Morgan fingerprint density at radius 2 is 2.13 bits per heavy atom. The van der Waals surface area contributed by atoms with E-state index < -0.39 is 0 Å². The van der Waals surface area contributed by atoms with Crippen LogP contribution in [0.3, 0.4) is 0 Å². The number of amides is 2. The van der Waals surface area contributed by atoms with E-state index in [1.165, 1.54) is 11.1 Å². The van der Waals surface area contributed by atoms with Gasteiger partial charge >= 0.3 is 6.03 Å². The van der Waals surface area contributed by atoms with Gasteiger partial charge in [-0.15, -0.1) is 0 Å². The molecule has 4 heteroatoms. The number of nitrogens with one attached hydrogen (secondary N) is 1. The lowest BCUT2D eigenvalue weighted by Crippen LogP contribution is -2.43. The van der Waals surface area contributed by atoms with E-state index in [1.807, 2.05) is 17.0 Å². The Hall–Kier alpha value is -1.55. The first-order valence-electron chi connectivity index (χ1n) is 8.58. The normalized spacial score (nSPS) is 19.7. The van der Waals surface area contributed by atoms with Gasteiger partial charge in [0.25, 0.3) is 0 Å². The number of carbonyl (C=O) groups is 1. The van der Waals surface area contributed by atoms with Crippen LogP contribution in [-0.4, -0.2) is 35.2 Å². The Bertz CT molecular complexity index is 540. The zero-order valence-corrected chi connectivity index (χ0v) is 14.8. The molecule has 1 aliphatic rings. The summed E-state index contributed by atoms with van der Waals surface area (Å²) in [6.45, 7) is 9.43. The maximum Gasteiger partial charge on any atom is 0.317 e. The molecule has 23 heavy (non-hydrogen) atoms. The number of aryl methyl sites for hydroxylation is 1. The minimum atomic E-state index is -0.353. The van der Waals surface area contributed by atoms with Crippen LogP contribution >= 0.6 is 0 Å². The van der Waals surface area contributed by atoms with Crippen molar-refractivity contribution >= 4 is 6.03 Å². The molecule has 0 radical (unpaired) electrons. The fraction of sp³-hybridized carbons (Fsp3) is 0.632. The predicted octanol–water partition coefficient (Wildman–Crippen LogP) is 3.64. The summed E-state index contributed by atoms with van der Waals surface area (Å²) in [5, 5.41) is 12.6. The topological polar surface area (TPSA) is 52.6 Å². The highest BCUT2D eigenvalue weighted by atomic mass is 16.3. The highest BCUT2D eigenvalue weighted by molar-refractivity contribution is 5.75. The Labute approximate surface area is 139 Å². The van der Waals surface area contributed by atoms with Crippen molar-refractivity contribution in [2.45, 2.75) is 59.1 Å². The van der Waals surface area contributed by atoms with E-state index in [4.69, 9.17) is 0 Å². The van der Waals surface area contributed by atoms with Gasteiger partial charge in [0.15, 0.2) is 0 Å². The second kappa shape index (κ2) is 7.35. The smallest absolute Gasteiger partial charge is 0.317 e. The molecule has 0 aromatic heterocycles. The Kier molecular flexibility index (Phi) is 5.69. The minimum Gasteiger partial charge on any atom is -0.393 e. The molecule has 1 saturated heterocycles. The molecule has 0 spiro atoms. The minimum absolute atomic E-state index is 0.00872. The second-order valence-corrected chi connectivity index (χ2v) is 7.58. The molecule has 4 nitrogen and oxygen atoms in total. The molecule has 0 bridgehead atoms. The third kappa shape index (κ3) is 4.71. The molecule has 1 aromatic rings. The number of likely N-dealkylation sites (tertiary alicyclic amines) is 1. The summed E-state index contributed by atoms with van der Waals surface area (Å²) in [6.07, 6.45) is 2.39. The van der Waals surface area contributed by atoms with Gasteiger partial charge in [-0.25, -0.2) is 4.79 Å². The average molecular weight is 318 g/mol. The molecule has 128 valence electrons. The molecule has 0 saturated carbocycles. The van der Waals surface area contributed by atoms with Crippen molar-refractivity contribution < 1.29 is 9.90 Å². The molecule has 2 atom stereocenters. The molecule has 2 unspecified atom stereocenters. The van der Waals surface area contributed by atoms with Crippen LogP contribution < -0.4 is 5.32 Å². The van der Waals surface area contributed by atoms with Crippen molar-refractivity contribution in [3.05, 3.63) is 35.4 Å². The quantitative estimate of drug-likeness (QED) is 0.871. The summed E-state index contributed by atoms with van der Waals surface area (Å²) in [7, 11) is 0. The fourth-order valence-electron chi connectivity index (χ4n) is 3.58. The van der Waals surface area contributed by atoms with Crippen LogP contribution in [0.1, 0.15) is 57.2 Å². The maximum atomic E-state index is 12.6. The molecular weight excluding hydrogens is 288 g/mol. The highest BCUT2D eigenvalue weighted by Gasteiger charge is 2.31. The van der Waals surface area contributed by atoms with Gasteiger partial charge in [-0.3, -0.25) is 0 Å². The van der Waals surface area contributed by atoms with Gasteiger partial charge in [-0.1, -0.05) is 38.1 Å². The van der Waals surface area contributed by atoms with Crippen LogP contribution in [0.5, 0.6) is 0 Å². The van der Waals surface area contributed by atoms with E-state index in [-0.39, 0.29) is 23.6 Å². The molecule has 1 aromatic carbocycles. The first-order valence-corrected chi connectivity index (χ1v) is 8.58. The molecule has 2 N–H and O–H groups in total. The Morgan fingerprint density at radius 1 is 1.43 bits per heavy atom. The summed E-state index contributed by atoms with van der Waals surface area (Å²) < 4.78 is 0.